The van der Waals surface area contributed by atoms with Gasteiger partial charge < -0.3 is 20.9 Å². The molecular formula is C17H22N2O2. The molecule has 0 saturated carbocycles. The van der Waals surface area contributed by atoms with Crippen molar-refractivity contribution >= 4 is 11.4 Å². The van der Waals surface area contributed by atoms with Crippen molar-refractivity contribution in [3.63, 3.8) is 0 Å². The lowest BCUT2D eigenvalue weighted by atomic mass is 10.1. The smallest absolute Gasteiger partial charge is 0.250 e. The van der Waals surface area contributed by atoms with Gasteiger partial charge in [0.15, 0.2) is 0 Å². The third-order valence-electron chi connectivity index (χ3n) is 3.40. The predicted octanol–water partition coefficient (Wildman–Crippen LogP) is 3.83. The Morgan fingerprint density at radius 1 is 0.810 bits per heavy atom. The Kier molecular flexibility index (Phi) is 4.58. The molecule has 0 radical (unpaired) electrons. The third kappa shape index (κ3) is 3.81. The van der Waals surface area contributed by atoms with E-state index in [4.69, 9.17) is 20.9 Å². The Morgan fingerprint density at radius 2 is 1.24 bits per heavy atom. The van der Waals surface area contributed by atoms with E-state index in [0.717, 1.165) is 0 Å². The van der Waals surface area contributed by atoms with Crippen molar-refractivity contribution in [2.75, 3.05) is 11.5 Å². The van der Waals surface area contributed by atoms with E-state index in [9.17, 15) is 0 Å². The fourth-order valence-corrected chi connectivity index (χ4v) is 2.15. The topological polar surface area (TPSA) is 70.5 Å². The maximum atomic E-state index is 6.08. The van der Waals surface area contributed by atoms with Gasteiger partial charge in [0.25, 0.3) is 5.79 Å². The molecule has 0 bridgehead atoms. The number of anilines is 2. The first kappa shape index (κ1) is 15.0. The highest BCUT2D eigenvalue weighted by atomic mass is 16.7. The molecule has 0 saturated heterocycles. The Bertz CT molecular complexity index is 545. The summed E-state index contributed by atoms with van der Waals surface area (Å²) < 4.78 is 12.2. The van der Waals surface area contributed by atoms with E-state index < -0.39 is 5.79 Å². The molecule has 0 fully saturated rings. The molecular weight excluding hydrogens is 264 g/mol. The first-order valence-electron chi connectivity index (χ1n) is 7.16. The Morgan fingerprint density at radius 3 is 1.57 bits per heavy atom. The van der Waals surface area contributed by atoms with Gasteiger partial charge in [-0.3, -0.25) is 0 Å². The van der Waals surface area contributed by atoms with E-state index >= 15 is 0 Å². The summed E-state index contributed by atoms with van der Waals surface area (Å²) in [5, 5.41) is 0. The largest absolute Gasteiger partial charge is 0.452 e. The molecule has 0 aliphatic rings. The quantitative estimate of drug-likeness (QED) is 0.625. The van der Waals surface area contributed by atoms with Crippen LogP contribution < -0.4 is 20.9 Å². The summed E-state index contributed by atoms with van der Waals surface area (Å²) in [7, 11) is 0. The van der Waals surface area contributed by atoms with Gasteiger partial charge in [-0.1, -0.05) is 26.0 Å². The van der Waals surface area contributed by atoms with Gasteiger partial charge in [0, 0.05) is 36.3 Å². The van der Waals surface area contributed by atoms with Crippen molar-refractivity contribution in [1.82, 2.24) is 0 Å². The van der Waals surface area contributed by atoms with E-state index in [2.05, 4.69) is 0 Å². The molecule has 0 aliphatic heterocycles. The lowest BCUT2D eigenvalue weighted by molar-refractivity contribution is -0.118. The van der Waals surface area contributed by atoms with Crippen LogP contribution in [0, 0.1) is 0 Å². The zero-order valence-electron chi connectivity index (χ0n) is 12.5. The van der Waals surface area contributed by atoms with Gasteiger partial charge >= 0.3 is 0 Å². The van der Waals surface area contributed by atoms with E-state index in [1.807, 2.05) is 50.2 Å². The number of benzene rings is 2. The van der Waals surface area contributed by atoms with Gasteiger partial charge in [0.1, 0.15) is 11.5 Å². The minimum absolute atomic E-state index is 0.664. The van der Waals surface area contributed by atoms with Gasteiger partial charge in [0.05, 0.1) is 0 Å². The molecule has 4 N–H and O–H groups in total. The van der Waals surface area contributed by atoms with Crippen molar-refractivity contribution in [2.45, 2.75) is 32.5 Å². The summed E-state index contributed by atoms with van der Waals surface area (Å²) in [6.07, 6.45) is 1.40. The molecule has 0 aromatic heterocycles. The van der Waals surface area contributed by atoms with E-state index in [1.54, 1.807) is 12.1 Å². The van der Waals surface area contributed by atoms with Crippen molar-refractivity contribution < 1.29 is 9.47 Å². The first-order valence-corrected chi connectivity index (χ1v) is 7.16. The van der Waals surface area contributed by atoms with Crippen LogP contribution >= 0.6 is 0 Å². The van der Waals surface area contributed by atoms with E-state index in [0.29, 0.717) is 35.7 Å². The summed E-state index contributed by atoms with van der Waals surface area (Å²) in [4.78, 5) is 0. The second kappa shape index (κ2) is 6.39. The van der Waals surface area contributed by atoms with Crippen LogP contribution in [-0.2, 0) is 0 Å². The molecule has 2 rings (SSSR count). The van der Waals surface area contributed by atoms with Crippen molar-refractivity contribution in [1.29, 1.82) is 0 Å². The van der Waals surface area contributed by atoms with E-state index in [1.165, 1.54) is 0 Å². The van der Waals surface area contributed by atoms with Gasteiger partial charge in [-0.05, 0) is 24.3 Å². The number of ether oxygens (including phenoxy) is 2. The monoisotopic (exact) mass is 286 g/mol. The highest BCUT2D eigenvalue weighted by molar-refractivity contribution is 5.45. The summed E-state index contributed by atoms with van der Waals surface area (Å²) >= 11 is 0. The number of rotatable bonds is 6. The molecule has 2 aromatic rings. The SMILES string of the molecule is CCC(CC)(Oc1cccc(N)c1)Oc1cccc(N)c1. The van der Waals surface area contributed by atoms with Crippen LogP contribution in [0.15, 0.2) is 48.5 Å². The van der Waals surface area contributed by atoms with Gasteiger partial charge in [0.2, 0.25) is 0 Å². The fraction of sp³-hybridized carbons (Fsp3) is 0.294. The van der Waals surface area contributed by atoms with Crippen molar-refractivity contribution in [3.05, 3.63) is 48.5 Å². The van der Waals surface area contributed by atoms with Gasteiger partial charge in [-0.2, -0.15) is 0 Å². The normalized spacial score (nSPS) is 11.1. The maximum absolute atomic E-state index is 6.08. The molecule has 0 atom stereocenters. The Hall–Kier alpha value is -2.36. The van der Waals surface area contributed by atoms with Crippen molar-refractivity contribution in [2.24, 2.45) is 0 Å². The molecule has 4 heteroatoms. The van der Waals surface area contributed by atoms with Crippen LogP contribution in [0.25, 0.3) is 0 Å². The number of hydrogen-bond donors (Lipinski definition) is 2. The molecule has 0 unspecified atom stereocenters. The standard InChI is InChI=1S/C17H22N2O2/c1-3-17(4-2,20-15-9-5-7-13(18)11-15)21-16-10-6-8-14(19)12-16/h5-12H,3-4,18-19H2,1-2H3. The van der Waals surface area contributed by atoms with Crippen LogP contribution in [-0.4, -0.2) is 5.79 Å². The van der Waals surface area contributed by atoms with Crippen molar-refractivity contribution in [3.8, 4) is 11.5 Å². The predicted molar refractivity (Wildman–Crippen MR) is 86.3 cm³/mol. The molecule has 21 heavy (non-hydrogen) atoms. The number of hydrogen-bond acceptors (Lipinski definition) is 4. The summed E-state index contributed by atoms with van der Waals surface area (Å²) in [5.41, 5.74) is 12.9. The summed E-state index contributed by atoms with van der Waals surface area (Å²) in [6.45, 7) is 4.06. The van der Waals surface area contributed by atoms with Crippen LogP contribution in [0.1, 0.15) is 26.7 Å². The zero-order valence-corrected chi connectivity index (χ0v) is 12.5. The molecule has 0 amide bonds. The molecule has 112 valence electrons. The lowest BCUT2D eigenvalue weighted by Gasteiger charge is -2.33. The first-order chi connectivity index (χ1) is 10.1. The second-order valence-electron chi connectivity index (χ2n) is 4.97. The molecule has 0 heterocycles. The van der Waals surface area contributed by atoms with Crippen LogP contribution in [0.4, 0.5) is 11.4 Å². The maximum Gasteiger partial charge on any atom is 0.250 e. The highest BCUT2D eigenvalue weighted by Crippen LogP contribution is 2.29. The highest BCUT2D eigenvalue weighted by Gasteiger charge is 2.31. The summed E-state index contributed by atoms with van der Waals surface area (Å²) in [6, 6.07) is 14.7. The molecule has 0 aliphatic carbocycles. The second-order valence-corrected chi connectivity index (χ2v) is 4.97. The average Bonchev–Trinajstić information content (AvgIpc) is 2.46. The Labute approximate surface area is 125 Å². The molecule has 4 nitrogen and oxygen atoms in total. The van der Waals surface area contributed by atoms with E-state index in [-0.39, 0.29) is 0 Å². The lowest BCUT2D eigenvalue weighted by Crippen LogP contribution is -2.41. The van der Waals surface area contributed by atoms with Gasteiger partial charge in [-0.15, -0.1) is 0 Å². The van der Waals surface area contributed by atoms with Crippen LogP contribution in [0.5, 0.6) is 11.5 Å². The minimum atomic E-state index is -0.735. The minimum Gasteiger partial charge on any atom is -0.452 e. The molecule has 2 aromatic carbocycles. The van der Waals surface area contributed by atoms with Crippen LogP contribution in [0.2, 0.25) is 0 Å². The average molecular weight is 286 g/mol. The fourth-order valence-electron chi connectivity index (χ4n) is 2.15. The third-order valence-corrected chi connectivity index (χ3v) is 3.40. The van der Waals surface area contributed by atoms with Crippen LogP contribution in [0.3, 0.4) is 0 Å². The number of nitrogens with two attached hydrogens (primary N) is 2. The zero-order chi connectivity index (χ0) is 15.3. The molecule has 0 spiro atoms. The summed E-state index contributed by atoms with van der Waals surface area (Å²) in [5.74, 6) is 0.659. The van der Waals surface area contributed by atoms with Gasteiger partial charge in [-0.25, -0.2) is 0 Å². The number of nitrogen functional groups attached to an aromatic ring is 2. The Balaban J connectivity index is 2.23.